The van der Waals surface area contributed by atoms with E-state index < -0.39 is 0 Å². The summed E-state index contributed by atoms with van der Waals surface area (Å²) in [5.74, 6) is 1.87. The molecule has 0 aliphatic carbocycles. The molecule has 1 aromatic heterocycles. The van der Waals surface area contributed by atoms with Gasteiger partial charge in [-0.05, 0) is 29.8 Å². The van der Waals surface area contributed by atoms with Gasteiger partial charge in [0.05, 0.1) is 13.2 Å². The van der Waals surface area contributed by atoms with Gasteiger partial charge in [-0.25, -0.2) is 0 Å². The van der Waals surface area contributed by atoms with Gasteiger partial charge in [0.25, 0.3) is 0 Å². The highest BCUT2D eigenvalue weighted by atomic mass is 35.5. The molecule has 17 heavy (non-hydrogen) atoms. The Morgan fingerprint density at radius 2 is 1.94 bits per heavy atom. The lowest BCUT2D eigenvalue weighted by atomic mass is 10.2. The highest BCUT2D eigenvalue weighted by molar-refractivity contribution is 6.27. The molecule has 0 saturated carbocycles. The van der Waals surface area contributed by atoms with Crippen LogP contribution in [-0.4, -0.2) is 23.4 Å². The molecule has 1 aliphatic rings. The van der Waals surface area contributed by atoms with Gasteiger partial charge in [0.1, 0.15) is 0 Å². The number of halogens is 1. The van der Waals surface area contributed by atoms with E-state index in [2.05, 4.69) is 10.1 Å². The highest BCUT2D eigenvalue weighted by Crippen LogP contribution is 2.33. The molecule has 0 spiro atoms. The Morgan fingerprint density at radius 1 is 1.12 bits per heavy atom. The first-order valence-electron chi connectivity index (χ1n) is 5.22. The summed E-state index contributed by atoms with van der Waals surface area (Å²) in [5, 5.41) is 3.76. The lowest BCUT2D eigenvalue weighted by molar-refractivity contribution is 0.297. The summed E-state index contributed by atoms with van der Waals surface area (Å²) in [6.07, 6.45) is 0.873. The Labute approximate surface area is 102 Å². The minimum atomic E-state index is 0.0205. The van der Waals surface area contributed by atoms with Gasteiger partial charge < -0.3 is 14.0 Å². The molecule has 0 fully saturated rings. The summed E-state index contributed by atoms with van der Waals surface area (Å²) in [6, 6.07) is 5.50. The van der Waals surface area contributed by atoms with Crippen molar-refractivity contribution < 1.29 is 14.0 Å². The van der Waals surface area contributed by atoms with E-state index in [1.807, 2.05) is 18.2 Å². The number of hydrogen-bond acceptors (Lipinski definition) is 5. The summed E-state index contributed by atoms with van der Waals surface area (Å²) < 4.78 is 15.8. The first-order chi connectivity index (χ1) is 8.33. The molecule has 1 aliphatic heterocycles. The number of fused-ring (bicyclic) bond motifs is 1. The van der Waals surface area contributed by atoms with Crippen LogP contribution in [0.25, 0.3) is 11.4 Å². The van der Waals surface area contributed by atoms with Crippen LogP contribution >= 0.6 is 11.6 Å². The SMILES string of the molecule is Clc1nc(-c2ccc3c(c2)OCCCO3)no1. The Kier molecular flexibility index (Phi) is 2.60. The van der Waals surface area contributed by atoms with Crippen molar-refractivity contribution in [3.05, 3.63) is 23.5 Å². The average Bonchev–Trinajstić information content (AvgIpc) is 2.64. The summed E-state index contributed by atoms with van der Waals surface area (Å²) in [7, 11) is 0. The lowest BCUT2D eigenvalue weighted by Gasteiger charge is -2.07. The van der Waals surface area contributed by atoms with Gasteiger partial charge in [-0.2, -0.15) is 4.98 Å². The van der Waals surface area contributed by atoms with Gasteiger partial charge >= 0.3 is 5.35 Å². The molecule has 0 saturated heterocycles. The van der Waals surface area contributed by atoms with Crippen LogP contribution in [0.1, 0.15) is 6.42 Å². The van der Waals surface area contributed by atoms with E-state index in [4.69, 9.17) is 25.6 Å². The van der Waals surface area contributed by atoms with Crippen molar-refractivity contribution in [2.24, 2.45) is 0 Å². The van der Waals surface area contributed by atoms with Crippen LogP contribution in [-0.2, 0) is 0 Å². The van der Waals surface area contributed by atoms with E-state index in [0.717, 1.165) is 17.7 Å². The first-order valence-corrected chi connectivity index (χ1v) is 5.60. The van der Waals surface area contributed by atoms with E-state index in [-0.39, 0.29) is 5.35 Å². The van der Waals surface area contributed by atoms with Crippen molar-refractivity contribution in [2.75, 3.05) is 13.2 Å². The molecule has 2 aromatic rings. The Hall–Kier alpha value is -1.75. The summed E-state index contributed by atoms with van der Waals surface area (Å²) in [5.41, 5.74) is 0.782. The normalized spacial score (nSPS) is 14.4. The molecule has 88 valence electrons. The van der Waals surface area contributed by atoms with Gasteiger partial charge in [0, 0.05) is 12.0 Å². The van der Waals surface area contributed by atoms with Crippen molar-refractivity contribution in [1.82, 2.24) is 10.1 Å². The molecule has 6 heteroatoms. The van der Waals surface area contributed by atoms with Crippen LogP contribution in [0.4, 0.5) is 0 Å². The van der Waals surface area contributed by atoms with Crippen LogP contribution in [0.2, 0.25) is 5.35 Å². The fraction of sp³-hybridized carbons (Fsp3) is 0.273. The predicted molar refractivity (Wildman–Crippen MR) is 60.4 cm³/mol. The Balaban J connectivity index is 2.00. The lowest BCUT2D eigenvalue weighted by Crippen LogP contribution is -1.97. The van der Waals surface area contributed by atoms with E-state index in [1.165, 1.54) is 0 Å². The molecule has 0 unspecified atom stereocenters. The fourth-order valence-electron chi connectivity index (χ4n) is 1.62. The topological polar surface area (TPSA) is 57.4 Å². The predicted octanol–water partition coefficient (Wildman–Crippen LogP) is 2.55. The third kappa shape index (κ3) is 2.06. The van der Waals surface area contributed by atoms with Gasteiger partial charge in [-0.1, -0.05) is 5.16 Å². The molecule has 2 heterocycles. The van der Waals surface area contributed by atoms with Gasteiger partial charge in [0.2, 0.25) is 5.82 Å². The zero-order valence-electron chi connectivity index (χ0n) is 8.85. The number of rotatable bonds is 1. The standard InChI is InChI=1S/C11H9ClN2O3/c12-11-13-10(14-17-11)7-2-3-8-9(6-7)16-5-1-4-15-8/h2-3,6H,1,4-5H2. The van der Waals surface area contributed by atoms with Crippen LogP contribution in [0.5, 0.6) is 11.5 Å². The van der Waals surface area contributed by atoms with Crippen molar-refractivity contribution in [3.8, 4) is 22.9 Å². The molecule has 5 nitrogen and oxygen atoms in total. The number of nitrogens with zero attached hydrogens (tertiary/aromatic N) is 2. The van der Waals surface area contributed by atoms with Crippen LogP contribution < -0.4 is 9.47 Å². The minimum absolute atomic E-state index is 0.0205. The molecule has 0 atom stereocenters. The van der Waals surface area contributed by atoms with Crippen LogP contribution in [0.15, 0.2) is 22.7 Å². The molecular weight excluding hydrogens is 244 g/mol. The third-order valence-corrected chi connectivity index (χ3v) is 2.56. The van der Waals surface area contributed by atoms with Crippen molar-refractivity contribution in [1.29, 1.82) is 0 Å². The highest BCUT2D eigenvalue weighted by Gasteiger charge is 2.13. The van der Waals surface area contributed by atoms with E-state index >= 15 is 0 Å². The third-order valence-electron chi connectivity index (χ3n) is 2.41. The van der Waals surface area contributed by atoms with Gasteiger partial charge in [-0.15, -0.1) is 0 Å². The second-order valence-corrected chi connectivity index (χ2v) is 3.91. The molecule has 0 bridgehead atoms. The zero-order valence-corrected chi connectivity index (χ0v) is 9.61. The number of ether oxygens (including phenoxy) is 2. The maximum atomic E-state index is 5.58. The van der Waals surface area contributed by atoms with Crippen LogP contribution in [0.3, 0.4) is 0 Å². The largest absolute Gasteiger partial charge is 0.490 e. The Morgan fingerprint density at radius 3 is 2.71 bits per heavy atom. The number of benzene rings is 1. The minimum Gasteiger partial charge on any atom is -0.490 e. The zero-order chi connectivity index (χ0) is 11.7. The molecular formula is C11H9ClN2O3. The second kappa shape index (κ2) is 4.25. The van der Waals surface area contributed by atoms with Gasteiger partial charge in [-0.3, -0.25) is 0 Å². The Bertz CT molecular complexity index is 541. The second-order valence-electron chi connectivity index (χ2n) is 3.58. The maximum absolute atomic E-state index is 5.58. The molecule has 0 N–H and O–H groups in total. The fourth-order valence-corrected chi connectivity index (χ4v) is 1.74. The molecule has 3 rings (SSSR count). The first kappa shape index (κ1) is 10.4. The monoisotopic (exact) mass is 252 g/mol. The number of hydrogen-bond donors (Lipinski definition) is 0. The summed E-state index contributed by atoms with van der Waals surface area (Å²) in [6.45, 7) is 1.31. The number of aromatic nitrogens is 2. The quantitative estimate of drug-likeness (QED) is 0.781. The average molecular weight is 253 g/mol. The van der Waals surface area contributed by atoms with Crippen molar-refractivity contribution in [3.63, 3.8) is 0 Å². The van der Waals surface area contributed by atoms with Crippen molar-refractivity contribution >= 4 is 11.6 Å². The van der Waals surface area contributed by atoms with Gasteiger partial charge in [0.15, 0.2) is 11.5 Å². The summed E-state index contributed by atoms with van der Waals surface area (Å²) in [4.78, 5) is 3.94. The van der Waals surface area contributed by atoms with E-state index in [1.54, 1.807) is 0 Å². The molecule has 0 radical (unpaired) electrons. The van der Waals surface area contributed by atoms with Crippen molar-refractivity contribution in [2.45, 2.75) is 6.42 Å². The summed E-state index contributed by atoms with van der Waals surface area (Å²) >= 11 is 5.58. The smallest absolute Gasteiger partial charge is 0.320 e. The van der Waals surface area contributed by atoms with Crippen LogP contribution in [0, 0.1) is 0 Å². The maximum Gasteiger partial charge on any atom is 0.320 e. The molecule has 1 aromatic carbocycles. The van der Waals surface area contributed by atoms with E-state index in [9.17, 15) is 0 Å². The van der Waals surface area contributed by atoms with E-state index in [0.29, 0.717) is 24.8 Å². The molecule has 0 amide bonds.